The van der Waals surface area contributed by atoms with Crippen LogP contribution < -0.4 is 0 Å². The molecule has 4 heteroatoms. The average Bonchev–Trinajstić information content (AvgIpc) is 3.54. The zero-order chi connectivity index (χ0) is 17.0. The predicted molar refractivity (Wildman–Crippen MR) is 105 cm³/mol. The van der Waals surface area contributed by atoms with Crippen molar-refractivity contribution in [2.75, 3.05) is 0 Å². The minimum atomic E-state index is -0.472. The van der Waals surface area contributed by atoms with E-state index in [1.807, 2.05) is 6.07 Å². The third-order valence-electron chi connectivity index (χ3n) is 6.78. The molecule has 7 atom stereocenters. The third kappa shape index (κ3) is 3.14. The maximum Gasteiger partial charge on any atom is 0.309 e. The van der Waals surface area contributed by atoms with Crippen LogP contribution in [0.15, 0.2) is 30.3 Å². The molecule has 2 nitrogen and oxygen atoms in total. The summed E-state index contributed by atoms with van der Waals surface area (Å²) in [7, 11) is 0. The molecule has 4 fully saturated rings. The highest BCUT2D eigenvalue weighted by Crippen LogP contribution is 2.57. The van der Waals surface area contributed by atoms with Gasteiger partial charge in [-0.25, -0.2) is 0 Å². The first kappa shape index (κ1) is 16.6. The number of ether oxygens (including phenoxy) is 1. The van der Waals surface area contributed by atoms with Crippen molar-refractivity contribution in [2.45, 2.75) is 72.0 Å². The largest absolute Gasteiger partial charge is 0.454 e. The van der Waals surface area contributed by atoms with Gasteiger partial charge in [0.1, 0.15) is 5.60 Å². The molecule has 25 heavy (non-hydrogen) atoms. The third-order valence-corrected chi connectivity index (χ3v) is 9.72. The van der Waals surface area contributed by atoms with Crippen LogP contribution in [-0.4, -0.2) is 27.0 Å². The molecule has 2 saturated heterocycles. The number of rotatable bonds is 4. The molecule has 1 aromatic carbocycles. The monoisotopic (exact) mass is 374 g/mol. The van der Waals surface area contributed by atoms with Gasteiger partial charge in [0.25, 0.3) is 0 Å². The van der Waals surface area contributed by atoms with E-state index in [0.29, 0.717) is 5.92 Å². The SMILES string of the molecule is CC(OC(=O)C1CCC2SC2C1)(c1ccccc1)C1CCC2SC2C1. The first-order valence-electron chi connectivity index (χ1n) is 9.73. The van der Waals surface area contributed by atoms with Gasteiger partial charge in [-0.2, -0.15) is 23.5 Å². The number of benzene rings is 1. The van der Waals surface area contributed by atoms with Gasteiger partial charge in [0.2, 0.25) is 0 Å². The lowest BCUT2D eigenvalue weighted by Gasteiger charge is -2.40. The Labute approximate surface area is 158 Å². The molecule has 2 heterocycles. The molecule has 2 aliphatic heterocycles. The van der Waals surface area contributed by atoms with Crippen molar-refractivity contribution in [1.29, 1.82) is 0 Å². The quantitative estimate of drug-likeness (QED) is 0.546. The fourth-order valence-corrected chi connectivity index (χ4v) is 7.40. The summed E-state index contributed by atoms with van der Waals surface area (Å²) in [4.78, 5) is 13.0. The van der Waals surface area contributed by atoms with Gasteiger partial charge in [-0.15, -0.1) is 0 Å². The van der Waals surface area contributed by atoms with Gasteiger partial charge >= 0.3 is 5.97 Å². The van der Waals surface area contributed by atoms with Crippen molar-refractivity contribution >= 4 is 29.5 Å². The molecular weight excluding hydrogens is 348 g/mol. The standard InChI is InChI=1S/C21H26O2S2/c1-21(14-5-3-2-4-6-14,15-8-10-17-19(12-15)25-17)23-20(22)13-7-9-16-18(11-13)24-16/h2-6,13,15-19H,7-12H2,1H3. The normalized spacial score (nSPS) is 41.0. The second kappa shape index (κ2) is 6.23. The Balaban J connectivity index is 1.38. The molecule has 0 N–H and O–H groups in total. The Bertz CT molecular complexity index is 663. The van der Waals surface area contributed by atoms with Crippen molar-refractivity contribution in [3.05, 3.63) is 35.9 Å². The molecular formula is C21H26O2S2. The fourth-order valence-electron chi connectivity index (χ4n) is 4.96. The molecule has 0 aromatic heterocycles. The Morgan fingerprint density at radius 3 is 2.32 bits per heavy atom. The summed E-state index contributed by atoms with van der Waals surface area (Å²) >= 11 is 4.18. The van der Waals surface area contributed by atoms with Gasteiger partial charge < -0.3 is 4.74 Å². The second-order valence-corrected chi connectivity index (χ2v) is 11.3. The molecule has 7 unspecified atom stereocenters. The van der Waals surface area contributed by atoms with Crippen LogP contribution >= 0.6 is 23.5 Å². The molecule has 134 valence electrons. The first-order valence-corrected chi connectivity index (χ1v) is 11.6. The van der Waals surface area contributed by atoms with Gasteiger partial charge in [-0.05, 0) is 51.0 Å². The van der Waals surface area contributed by atoms with Crippen LogP contribution in [0.2, 0.25) is 0 Å². The minimum Gasteiger partial charge on any atom is -0.454 e. The zero-order valence-corrected chi connectivity index (χ0v) is 16.4. The van der Waals surface area contributed by atoms with Gasteiger partial charge in [-0.1, -0.05) is 30.3 Å². The van der Waals surface area contributed by atoms with E-state index in [2.05, 4.69) is 54.7 Å². The van der Waals surface area contributed by atoms with Gasteiger partial charge in [0.05, 0.1) is 5.92 Å². The fraction of sp³-hybridized carbons (Fsp3) is 0.667. The number of hydrogen-bond acceptors (Lipinski definition) is 4. The molecule has 5 rings (SSSR count). The van der Waals surface area contributed by atoms with Crippen molar-refractivity contribution in [2.24, 2.45) is 11.8 Å². The van der Waals surface area contributed by atoms with Crippen LogP contribution in [0.4, 0.5) is 0 Å². The molecule has 2 aliphatic carbocycles. The van der Waals surface area contributed by atoms with E-state index in [1.54, 1.807) is 0 Å². The first-order chi connectivity index (χ1) is 12.1. The van der Waals surface area contributed by atoms with Crippen molar-refractivity contribution in [3.63, 3.8) is 0 Å². The van der Waals surface area contributed by atoms with Gasteiger partial charge in [-0.3, -0.25) is 4.79 Å². The van der Waals surface area contributed by atoms with E-state index in [-0.39, 0.29) is 11.9 Å². The summed E-state index contributed by atoms with van der Waals surface area (Å²) in [5.74, 6) is 0.621. The number of fused-ring (bicyclic) bond motifs is 2. The van der Waals surface area contributed by atoms with Crippen LogP contribution in [0.5, 0.6) is 0 Å². The maximum atomic E-state index is 13.0. The summed E-state index contributed by atoms with van der Waals surface area (Å²) in [6, 6.07) is 10.5. The molecule has 0 radical (unpaired) electrons. The van der Waals surface area contributed by atoms with Crippen molar-refractivity contribution in [1.82, 2.24) is 0 Å². The van der Waals surface area contributed by atoms with Crippen molar-refractivity contribution < 1.29 is 9.53 Å². The maximum absolute atomic E-state index is 13.0. The average molecular weight is 375 g/mol. The van der Waals surface area contributed by atoms with Crippen LogP contribution in [0.3, 0.4) is 0 Å². The molecule has 0 bridgehead atoms. The Morgan fingerprint density at radius 1 is 0.960 bits per heavy atom. The lowest BCUT2D eigenvalue weighted by molar-refractivity contribution is -0.173. The molecule has 1 aromatic rings. The zero-order valence-electron chi connectivity index (χ0n) is 14.7. The molecule has 0 spiro atoms. The molecule has 0 amide bonds. The van der Waals surface area contributed by atoms with Crippen LogP contribution in [0.25, 0.3) is 0 Å². The Hall–Kier alpha value is -0.610. The highest BCUT2D eigenvalue weighted by atomic mass is 32.2. The van der Waals surface area contributed by atoms with E-state index in [9.17, 15) is 4.79 Å². The van der Waals surface area contributed by atoms with E-state index >= 15 is 0 Å². The number of thioether (sulfide) groups is 2. The van der Waals surface area contributed by atoms with E-state index in [4.69, 9.17) is 4.74 Å². The summed E-state index contributed by atoms with van der Waals surface area (Å²) in [5.41, 5.74) is 0.701. The Morgan fingerprint density at radius 2 is 1.64 bits per heavy atom. The number of esters is 1. The van der Waals surface area contributed by atoms with E-state index in [1.165, 1.54) is 31.2 Å². The van der Waals surface area contributed by atoms with Gasteiger partial charge in [0.15, 0.2) is 0 Å². The van der Waals surface area contributed by atoms with E-state index in [0.717, 1.165) is 33.8 Å². The van der Waals surface area contributed by atoms with Crippen LogP contribution in [0, 0.1) is 11.8 Å². The number of hydrogen-bond donors (Lipinski definition) is 0. The molecule has 4 aliphatic rings. The molecule has 2 saturated carbocycles. The lowest BCUT2D eigenvalue weighted by Crippen LogP contribution is -2.41. The summed E-state index contributed by atoms with van der Waals surface area (Å²) in [5, 5.41) is 3.26. The summed E-state index contributed by atoms with van der Waals surface area (Å²) in [6.45, 7) is 2.18. The highest BCUT2D eigenvalue weighted by Gasteiger charge is 2.52. The predicted octanol–water partition coefficient (Wildman–Crippen LogP) is 5.01. The minimum absolute atomic E-state index is 0.0582. The summed E-state index contributed by atoms with van der Waals surface area (Å²) in [6.07, 6.45) is 6.90. The lowest BCUT2D eigenvalue weighted by atomic mass is 9.74. The topological polar surface area (TPSA) is 26.3 Å². The van der Waals surface area contributed by atoms with Gasteiger partial charge in [0, 0.05) is 26.9 Å². The number of carbonyl (C=O) groups is 1. The van der Waals surface area contributed by atoms with Crippen LogP contribution in [-0.2, 0) is 15.1 Å². The highest BCUT2D eigenvalue weighted by molar-refractivity contribution is 8.07. The Kier molecular flexibility index (Phi) is 4.12. The summed E-state index contributed by atoms with van der Waals surface area (Å²) < 4.78 is 6.38. The number of carbonyl (C=O) groups excluding carboxylic acids is 1. The van der Waals surface area contributed by atoms with Crippen molar-refractivity contribution in [3.8, 4) is 0 Å². The van der Waals surface area contributed by atoms with Crippen LogP contribution in [0.1, 0.15) is 51.0 Å². The smallest absolute Gasteiger partial charge is 0.309 e. The second-order valence-electron chi connectivity index (χ2n) is 8.34. The van der Waals surface area contributed by atoms with E-state index < -0.39 is 5.60 Å².